The first-order chi connectivity index (χ1) is 11.6. The summed E-state index contributed by atoms with van der Waals surface area (Å²) in [4.78, 5) is 0. The van der Waals surface area contributed by atoms with Crippen LogP contribution in [0.1, 0.15) is 24.0 Å². The summed E-state index contributed by atoms with van der Waals surface area (Å²) in [6, 6.07) is 11.5. The molecule has 3 nitrogen and oxygen atoms in total. The zero-order valence-corrected chi connectivity index (χ0v) is 13.6. The third-order valence-corrected chi connectivity index (χ3v) is 4.59. The number of benzene rings is 2. The molecule has 0 unspecified atom stereocenters. The fourth-order valence-electron chi connectivity index (χ4n) is 3.15. The van der Waals surface area contributed by atoms with Crippen LogP contribution in [0.5, 0.6) is 5.75 Å². The molecule has 1 heterocycles. The molecule has 0 spiro atoms. The second-order valence-corrected chi connectivity index (χ2v) is 6.02. The molecule has 0 bridgehead atoms. The Labute approximate surface area is 140 Å². The Balaban J connectivity index is 1.80. The third kappa shape index (κ3) is 3.57. The van der Waals surface area contributed by atoms with E-state index >= 15 is 0 Å². The van der Waals surface area contributed by atoms with Gasteiger partial charge in [-0.2, -0.15) is 0 Å². The number of hydrogen-bond donors (Lipinski definition) is 1. The van der Waals surface area contributed by atoms with E-state index in [-0.39, 0.29) is 22.9 Å². The van der Waals surface area contributed by atoms with E-state index in [9.17, 15) is 8.78 Å². The van der Waals surface area contributed by atoms with Crippen LogP contribution in [0.3, 0.4) is 0 Å². The van der Waals surface area contributed by atoms with Crippen molar-refractivity contribution in [2.45, 2.75) is 24.9 Å². The third-order valence-electron chi connectivity index (χ3n) is 4.59. The molecule has 0 atom stereocenters. The van der Waals surface area contributed by atoms with Crippen LogP contribution in [0.25, 0.3) is 0 Å². The second-order valence-electron chi connectivity index (χ2n) is 6.02. The van der Waals surface area contributed by atoms with Crippen LogP contribution in [-0.2, 0) is 16.8 Å². The molecule has 128 valence electrons. The van der Waals surface area contributed by atoms with E-state index in [1.165, 1.54) is 25.3 Å². The van der Waals surface area contributed by atoms with Crippen LogP contribution in [0.2, 0.25) is 0 Å². The summed E-state index contributed by atoms with van der Waals surface area (Å²) in [5.74, 6) is -0.393. The minimum absolute atomic E-state index is 0.234. The van der Waals surface area contributed by atoms with Gasteiger partial charge in [-0.3, -0.25) is 0 Å². The van der Waals surface area contributed by atoms with Gasteiger partial charge in [0.05, 0.1) is 7.11 Å². The zero-order chi connectivity index (χ0) is 17.0. The molecular weight excluding hydrogens is 312 g/mol. The molecule has 2 aromatic rings. The van der Waals surface area contributed by atoms with Gasteiger partial charge < -0.3 is 14.8 Å². The maximum atomic E-state index is 13.9. The van der Waals surface area contributed by atoms with Gasteiger partial charge in [-0.1, -0.05) is 18.2 Å². The number of halogens is 2. The largest absolute Gasteiger partial charge is 0.494 e. The van der Waals surface area contributed by atoms with Crippen LogP contribution in [0, 0.1) is 11.6 Å². The number of hydrogen-bond acceptors (Lipinski definition) is 3. The molecular formula is C19H21F2NO2. The normalized spacial score (nSPS) is 16.8. The molecule has 0 radical (unpaired) electrons. The van der Waals surface area contributed by atoms with Crippen molar-refractivity contribution in [3.63, 3.8) is 0 Å². The lowest BCUT2D eigenvalue weighted by Crippen LogP contribution is -2.46. The monoisotopic (exact) mass is 333 g/mol. The standard InChI is InChI=1S/C19H21F2NO2/c1-23-18-7-2-14(12-17(18)21)13-22-19(8-10-24-11-9-19)15-3-5-16(20)6-4-15/h2-7,12,22H,8-11,13H2,1H3. The van der Waals surface area contributed by atoms with Crippen LogP contribution in [-0.4, -0.2) is 20.3 Å². The van der Waals surface area contributed by atoms with Crippen molar-refractivity contribution >= 4 is 0 Å². The van der Waals surface area contributed by atoms with Crippen LogP contribution >= 0.6 is 0 Å². The molecule has 5 heteroatoms. The molecule has 3 rings (SSSR count). The lowest BCUT2D eigenvalue weighted by atomic mass is 9.82. The first-order valence-electron chi connectivity index (χ1n) is 8.04. The van der Waals surface area contributed by atoms with Crippen molar-refractivity contribution in [2.75, 3.05) is 20.3 Å². The fourth-order valence-corrected chi connectivity index (χ4v) is 3.15. The topological polar surface area (TPSA) is 30.5 Å². The van der Waals surface area contributed by atoms with Gasteiger partial charge in [-0.05, 0) is 48.2 Å². The predicted molar refractivity (Wildman–Crippen MR) is 87.9 cm³/mol. The lowest BCUT2D eigenvalue weighted by molar-refractivity contribution is 0.0357. The van der Waals surface area contributed by atoms with Gasteiger partial charge in [-0.25, -0.2) is 8.78 Å². The second kappa shape index (κ2) is 7.28. The summed E-state index contributed by atoms with van der Waals surface area (Å²) >= 11 is 0. The quantitative estimate of drug-likeness (QED) is 0.903. The molecule has 1 saturated heterocycles. The van der Waals surface area contributed by atoms with E-state index in [1.54, 1.807) is 6.07 Å². The highest BCUT2D eigenvalue weighted by Gasteiger charge is 2.33. The van der Waals surface area contributed by atoms with E-state index < -0.39 is 0 Å². The highest BCUT2D eigenvalue weighted by Crippen LogP contribution is 2.33. The van der Waals surface area contributed by atoms with Crippen LogP contribution in [0.4, 0.5) is 8.78 Å². The van der Waals surface area contributed by atoms with Crippen molar-refractivity contribution in [3.8, 4) is 5.75 Å². The van der Waals surface area contributed by atoms with Gasteiger partial charge in [-0.15, -0.1) is 0 Å². The van der Waals surface area contributed by atoms with Gasteiger partial charge in [0.2, 0.25) is 0 Å². The Bertz CT molecular complexity index is 682. The van der Waals surface area contributed by atoms with Gasteiger partial charge in [0.25, 0.3) is 0 Å². The smallest absolute Gasteiger partial charge is 0.165 e. The highest BCUT2D eigenvalue weighted by atomic mass is 19.1. The molecule has 1 N–H and O–H groups in total. The Morgan fingerprint density at radius 2 is 1.79 bits per heavy atom. The Morgan fingerprint density at radius 1 is 1.08 bits per heavy atom. The van der Waals surface area contributed by atoms with Crippen molar-refractivity contribution < 1.29 is 18.3 Å². The Kier molecular flexibility index (Phi) is 5.11. The predicted octanol–water partition coefficient (Wildman–Crippen LogP) is 3.77. The average molecular weight is 333 g/mol. The number of methoxy groups -OCH3 is 1. The number of ether oxygens (including phenoxy) is 2. The van der Waals surface area contributed by atoms with Crippen molar-refractivity contribution in [2.24, 2.45) is 0 Å². The summed E-state index contributed by atoms with van der Waals surface area (Å²) in [5.41, 5.74) is 1.57. The molecule has 1 aliphatic rings. The van der Waals surface area contributed by atoms with Gasteiger partial charge in [0.1, 0.15) is 5.82 Å². The minimum atomic E-state index is -0.375. The maximum Gasteiger partial charge on any atom is 0.165 e. The zero-order valence-electron chi connectivity index (χ0n) is 13.6. The Hall–Kier alpha value is -1.98. The first kappa shape index (κ1) is 16.9. The van der Waals surface area contributed by atoms with Crippen molar-refractivity contribution in [1.29, 1.82) is 0 Å². The minimum Gasteiger partial charge on any atom is -0.494 e. The summed E-state index contributed by atoms with van der Waals surface area (Å²) in [7, 11) is 1.45. The first-order valence-corrected chi connectivity index (χ1v) is 8.04. The van der Waals surface area contributed by atoms with E-state index in [0.717, 1.165) is 24.0 Å². The number of nitrogens with one attached hydrogen (secondary N) is 1. The summed E-state index contributed by atoms with van der Waals surface area (Å²) in [6.45, 7) is 1.79. The van der Waals surface area contributed by atoms with E-state index in [0.29, 0.717) is 19.8 Å². The molecule has 0 amide bonds. The average Bonchev–Trinajstić information content (AvgIpc) is 2.61. The summed E-state index contributed by atoms with van der Waals surface area (Å²) in [5, 5.41) is 3.54. The molecule has 1 fully saturated rings. The lowest BCUT2D eigenvalue weighted by Gasteiger charge is -2.39. The van der Waals surface area contributed by atoms with Crippen molar-refractivity contribution in [3.05, 3.63) is 65.2 Å². The maximum absolute atomic E-state index is 13.9. The fraction of sp³-hybridized carbons (Fsp3) is 0.368. The Morgan fingerprint density at radius 3 is 2.42 bits per heavy atom. The SMILES string of the molecule is COc1ccc(CNC2(c3ccc(F)cc3)CCOCC2)cc1F. The summed E-state index contributed by atoms with van der Waals surface area (Å²) in [6.07, 6.45) is 1.58. The van der Waals surface area contributed by atoms with Gasteiger partial charge >= 0.3 is 0 Å². The number of rotatable bonds is 5. The van der Waals surface area contributed by atoms with Gasteiger partial charge in [0.15, 0.2) is 11.6 Å². The van der Waals surface area contributed by atoms with Crippen LogP contribution in [0.15, 0.2) is 42.5 Å². The van der Waals surface area contributed by atoms with E-state index in [1.807, 2.05) is 18.2 Å². The molecule has 2 aromatic carbocycles. The van der Waals surface area contributed by atoms with E-state index in [2.05, 4.69) is 5.32 Å². The summed E-state index contributed by atoms with van der Waals surface area (Å²) < 4.78 is 37.5. The molecule has 24 heavy (non-hydrogen) atoms. The molecule has 1 aliphatic heterocycles. The molecule has 0 aromatic heterocycles. The van der Waals surface area contributed by atoms with Gasteiger partial charge in [0, 0.05) is 25.3 Å². The molecule has 0 aliphatic carbocycles. The van der Waals surface area contributed by atoms with Crippen LogP contribution < -0.4 is 10.1 Å². The molecule has 0 saturated carbocycles. The highest BCUT2D eigenvalue weighted by molar-refractivity contribution is 5.30. The van der Waals surface area contributed by atoms with E-state index in [4.69, 9.17) is 9.47 Å². The van der Waals surface area contributed by atoms with Crippen molar-refractivity contribution in [1.82, 2.24) is 5.32 Å².